The van der Waals surface area contributed by atoms with Crippen molar-refractivity contribution in [2.75, 3.05) is 0 Å². The van der Waals surface area contributed by atoms with E-state index in [1.807, 2.05) is 0 Å². The van der Waals surface area contributed by atoms with Crippen LogP contribution in [0.1, 0.15) is 43.1 Å². The number of rotatable bonds is 2. The van der Waals surface area contributed by atoms with Crippen LogP contribution in [0.15, 0.2) is 12.3 Å². The van der Waals surface area contributed by atoms with Gasteiger partial charge >= 0.3 is 0 Å². The maximum absolute atomic E-state index is 11.9. The number of aromatic nitrogens is 1. The van der Waals surface area contributed by atoms with Crippen molar-refractivity contribution in [1.29, 1.82) is 0 Å². The standard InChI is InChI=1S/C12H17ClN2O/c1-8-4-2-3-5-10(8)15-12(16)11-6-9(13)7-14-11/h6-8,10,14H,2-5H2,1H3,(H,15,16). The SMILES string of the molecule is CC1CCCCC1NC(=O)c1cc(Cl)c[nH]1. The number of hydrogen-bond donors (Lipinski definition) is 2. The normalized spacial score (nSPS) is 25.4. The molecular weight excluding hydrogens is 224 g/mol. The number of nitrogens with one attached hydrogen (secondary N) is 2. The van der Waals surface area contributed by atoms with Gasteiger partial charge in [0, 0.05) is 12.2 Å². The van der Waals surface area contributed by atoms with Crippen molar-refractivity contribution in [1.82, 2.24) is 10.3 Å². The lowest BCUT2D eigenvalue weighted by Crippen LogP contribution is -2.41. The topological polar surface area (TPSA) is 44.9 Å². The number of halogens is 1. The Morgan fingerprint density at radius 3 is 2.88 bits per heavy atom. The average molecular weight is 241 g/mol. The molecule has 3 nitrogen and oxygen atoms in total. The molecule has 2 rings (SSSR count). The third-order valence-corrected chi connectivity index (χ3v) is 3.54. The summed E-state index contributed by atoms with van der Waals surface area (Å²) in [7, 11) is 0. The molecule has 0 aliphatic heterocycles. The smallest absolute Gasteiger partial charge is 0.267 e. The minimum absolute atomic E-state index is 0.0503. The Morgan fingerprint density at radius 1 is 1.50 bits per heavy atom. The van der Waals surface area contributed by atoms with Crippen molar-refractivity contribution in [3.05, 3.63) is 23.0 Å². The molecule has 0 radical (unpaired) electrons. The number of H-pyrrole nitrogens is 1. The van der Waals surface area contributed by atoms with Gasteiger partial charge in [-0.3, -0.25) is 4.79 Å². The van der Waals surface area contributed by atoms with Crippen LogP contribution in [0.25, 0.3) is 0 Å². The molecule has 1 amide bonds. The predicted octanol–water partition coefficient (Wildman–Crippen LogP) is 2.98. The summed E-state index contributed by atoms with van der Waals surface area (Å²) >= 11 is 5.76. The molecule has 1 heterocycles. The van der Waals surface area contributed by atoms with Gasteiger partial charge in [0.25, 0.3) is 5.91 Å². The molecule has 2 unspecified atom stereocenters. The maximum Gasteiger partial charge on any atom is 0.267 e. The highest BCUT2D eigenvalue weighted by Gasteiger charge is 2.23. The van der Waals surface area contributed by atoms with E-state index >= 15 is 0 Å². The molecule has 2 atom stereocenters. The van der Waals surface area contributed by atoms with Gasteiger partial charge in [-0.1, -0.05) is 31.4 Å². The van der Waals surface area contributed by atoms with Gasteiger partial charge < -0.3 is 10.3 Å². The zero-order valence-corrected chi connectivity index (χ0v) is 10.2. The Hall–Kier alpha value is -0.960. The van der Waals surface area contributed by atoms with Crippen molar-refractivity contribution in [2.45, 2.75) is 38.6 Å². The fourth-order valence-corrected chi connectivity index (χ4v) is 2.44. The molecule has 1 fully saturated rings. The predicted molar refractivity (Wildman–Crippen MR) is 64.7 cm³/mol. The van der Waals surface area contributed by atoms with E-state index in [2.05, 4.69) is 17.2 Å². The molecular formula is C12H17ClN2O. The van der Waals surface area contributed by atoms with E-state index in [0.29, 0.717) is 22.7 Å². The van der Waals surface area contributed by atoms with E-state index in [1.165, 1.54) is 19.3 Å². The van der Waals surface area contributed by atoms with Crippen molar-refractivity contribution in [3.63, 3.8) is 0 Å². The molecule has 2 N–H and O–H groups in total. The monoisotopic (exact) mass is 240 g/mol. The molecule has 4 heteroatoms. The molecule has 0 aromatic carbocycles. The van der Waals surface area contributed by atoms with Crippen LogP contribution in [0.5, 0.6) is 0 Å². The zero-order chi connectivity index (χ0) is 11.5. The van der Waals surface area contributed by atoms with E-state index in [4.69, 9.17) is 11.6 Å². The first-order chi connectivity index (χ1) is 7.66. The molecule has 1 aromatic heterocycles. The molecule has 1 aliphatic carbocycles. The number of hydrogen-bond acceptors (Lipinski definition) is 1. The lowest BCUT2D eigenvalue weighted by atomic mass is 9.86. The largest absolute Gasteiger partial charge is 0.356 e. The Labute approximate surface area is 101 Å². The Bertz CT molecular complexity index is 375. The summed E-state index contributed by atoms with van der Waals surface area (Å²) in [6, 6.07) is 1.97. The van der Waals surface area contributed by atoms with Crippen LogP contribution < -0.4 is 5.32 Å². The number of carbonyl (C=O) groups is 1. The van der Waals surface area contributed by atoms with Crippen molar-refractivity contribution in [3.8, 4) is 0 Å². The van der Waals surface area contributed by atoms with Crippen LogP contribution in [-0.2, 0) is 0 Å². The van der Waals surface area contributed by atoms with Gasteiger partial charge in [-0.2, -0.15) is 0 Å². The zero-order valence-electron chi connectivity index (χ0n) is 9.42. The average Bonchev–Trinajstić information content (AvgIpc) is 2.68. The number of amides is 1. The highest BCUT2D eigenvalue weighted by molar-refractivity contribution is 6.30. The van der Waals surface area contributed by atoms with E-state index in [0.717, 1.165) is 6.42 Å². The van der Waals surface area contributed by atoms with E-state index < -0.39 is 0 Å². The lowest BCUT2D eigenvalue weighted by Gasteiger charge is -2.29. The second-order valence-electron chi connectivity index (χ2n) is 4.57. The van der Waals surface area contributed by atoms with Crippen LogP contribution in [0.3, 0.4) is 0 Å². The second-order valence-corrected chi connectivity index (χ2v) is 5.01. The third-order valence-electron chi connectivity index (χ3n) is 3.32. The molecule has 0 bridgehead atoms. The van der Waals surface area contributed by atoms with Crippen LogP contribution in [0.2, 0.25) is 5.02 Å². The van der Waals surface area contributed by atoms with Crippen molar-refractivity contribution >= 4 is 17.5 Å². The van der Waals surface area contributed by atoms with E-state index in [-0.39, 0.29) is 5.91 Å². The summed E-state index contributed by atoms with van der Waals surface area (Å²) in [5.74, 6) is 0.522. The van der Waals surface area contributed by atoms with Crippen molar-refractivity contribution < 1.29 is 4.79 Å². The first-order valence-electron chi connectivity index (χ1n) is 5.81. The summed E-state index contributed by atoms with van der Waals surface area (Å²) in [6.07, 6.45) is 6.40. The number of aromatic amines is 1. The minimum atomic E-state index is -0.0503. The Balaban J connectivity index is 1.96. The maximum atomic E-state index is 11.9. The summed E-state index contributed by atoms with van der Waals surface area (Å²) in [4.78, 5) is 14.7. The summed E-state index contributed by atoms with van der Waals surface area (Å²) in [6.45, 7) is 2.20. The first-order valence-corrected chi connectivity index (χ1v) is 6.19. The van der Waals surface area contributed by atoms with E-state index in [1.54, 1.807) is 12.3 Å². The summed E-state index contributed by atoms with van der Waals surface area (Å²) in [5.41, 5.74) is 0.544. The summed E-state index contributed by atoms with van der Waals surface area (Å²) < 4.78 is 0. The van der Waals surface area contributed by atoms with Crippen LogP contribution >= 0.6 is 11.6 Å². The van der Waals surface area contributed by atoms with Crippen LogP contribution in [0.4, 0.5) is 0 Å². The third kappa shape index (κ3) is 2.59. The van der Waals surface area contributed by atoms with Gasteiger partial charge in [-0.05, 0) is 24.8 Å². The van der Waals surface area contributed by atoms with Crippen LogP contribution in [0, 0.1) is 5.92 Å². The molecule has 0 saturated heterocycles. The van der Waals surface area contributed by atoms with Gasteiger partial charge in [0.05, 0.1) is 5.02 Å². The molecule has 16 heavy (non-hydrogen) atoms. The van der Waals surface area contributed by atoms with Gasteiger partial charge in [0.2, 0.25) is 0 Å². The summed E-state index contributed by atoms with van der Waals surface area (Å²) in [5, 5.41) is 3.64. The lowest BCUT2D eigenvalue weighted by molar-refractivity contribution is 0.0906. The van der Waals surface area contributed by atoms with Gasteiger partial charge in [-0.15, -0.1) is 0 Å². The Morgan fingerprint density at radius 2 is 2.25 bits per heavy atom. The number of carbonyl (C=O) groups excluding carboxylic acids is 1. The first kappa shape index (κ1) is 11.5. The van der Waals surface area contributed by atoms with Crippen LogP contribution in [-0.4, -0.2) is 16.9 Å². The van der Waals surface area contributed by atoms with Gasteiger partial charge in [0.1, 0.15) is 5.69 Å². The highest BCUT2D eigenvalue weighted by Crippen LogP contribution is 2.24. The highest BCUT2D eigenvalue weighted by atomic mass is 35.5. The van der Waals surface area contributed by atoms with Gasteiger partial charge in [0.15, 0.2) is 0 Å². The fraction of sp³-hybridized carbons (Fsp3) is 0.583. The molecule has 88 valence electrons. The fourth-order valence-electron chi connectivity index (χ4n) is 2.28. The Kier molecular flexibility index (Phi) is 3.54. The molecule has 0 spiro atoms. The molecule has 1 aromatic rings. The quantitative estimate of drug-likeness (QED) is 0.820. The molecule has 1 saturated carbocycles. The molecule has 1 aliphatic rings. The van der Waals surface area contributed by atoms with Gasteiger partial charge in [-0.25, -0.2) is 0 Å². The van der Waals surface area contributed by atoms with Crippen molar-refractivity contribution in [2.24, 2.45) is 5.92 Å². The van der Waals surface area contributed by atoms with E-state index in [9.17, 15) is 4.79 Å². The second kappa shape index (κ2) is 4.91. The minimum Gasteiger partial charge on any atom is -0.356 e.